The summed E-state index contributed by atoms with van der Waals surface area (Å²) in [5, 5.41) is 8.28. The minimum absolute atomic E-state index is 0.120. The monoisotopic (exact) mass is 471 g/mol. The van der Waals surface area contributed by atoms with Gasteiger partial charge in [0.1, 0.15) is 28.1 Å². The lowest BCUT2D eigenvalue weighted by Gasteiger charge is -2.06. The highest BCUT2D eigenvalue weighted by molar-refractivity contribution is 7.26. The van der Waals surface area contributed by atoms with Crippen LogP contribution in [0, 0.1) is 13.8 Å². The van der Waals surface area contributed by atoms with E-state index in [2.05, 4.69) is 25.1 Å². The van der Waals surface area contributed by atoms with E-state index < -0.39 is 23.7 Å². The Labute approximate surface area is 178 Å². The summed E-state index contributed by atoms with van der Waals surface area (Å²) in [7, 11) is 0. The van der Waals surface area contributed by atoms with Crippen molar-refractivity contribution in [2.75, 3.05) is 0 Å². The molecule has 0 atom stereocenters. The molecule has 5 aromatic rings. The van der Waals surface area contributed by atoms with E-state index in [1.165, 1.54) is 17.8 Å². The van der Waals surface area contributed by atoms with Crippen LogP contribution >= 0.6 is 11.3 Å². The fourth-order valence-electron chi connectivity index (χ4n) is 3.41. The molecular formula is C18H11F6N7S. The Balaban J connectivity index is 1.63. The Morgan fingerprint density at radius 1 is 0.938 bits per heavy atom. The molecule has 0 aliphatic heterocycles. The van der Waals surface area contributed by atoms with E-state index in [0.717, 1.165) is 28.2 Å². The highest BCUT2D eigenvalue weighted by atomic mass is 32.1. The van der Waals surface area contributed by atoms with Crippen LogP contribution in [0.15, 0.2) is 18.5 Å². The summed E-state index contributed by atoms with van der Waals surface area (Å²) >= 11 is 0.998. The molecule has 7 nitrogen and oxygen atoms in total. The van der Waals surface area contributed by atoms with Crippen LogP contribution in [0.2, 0.25) is 0 Å². The van der Waals surface area contributed by atoms with Crippen molar-refractivity contribution in [3.63, 3.8) is 0 Å². The molecule has 0 spiro atoms. The first-order chi connectivity index (χ1) is 14.9. The maximum atomic E-state index is 13.1. The predicted octanol–water partition coefficient (Wildman–Crippen LogP) is 4.79. The number of aromatic nitrogens is 7. The van der Waals surface area contributed by atoms with Crippen LogP contribution in [0.4, 0.5) is 26.3 Å². The second-order valence-corrected chi connectivity index (χ2v) is 8.15. The third-order valence-corrected chi connectivity index (χ3v) is 5.93. The van der Waals surface area contributed by atoms with Crippen molar-refractivity contribution in [1.82, 2.24) is 34.3 Å². The van der Waals surface area contributed by atoms with Gasteiger partial charge in [-0.1, -0.05) is 0 Å². The number of thiophene rings is 1. The summed E-state index contributed by atoms with van der Waals surface area (Å²) in [4.78, 5) is 12.6. The summed E-state index contributed by atoms with van der Waals surface area (Å²) in [5.74, 6) is 0.178. The summed E-state index contributed by atoms with van der Waals surface area (Å²) in [6.45, 7) is 2.91. The van der Waals surface area contributed by atoms with Crippen molar-refractivity contribution < 1.29 is 26.3 Å². The lowest BCUT2D eigenvalue weighted by molar-refractivity contribution is -0.142. The molecule has 0 N–H and O–H groups in total. The quantitative estimate of drug-likeness (QED) is 0.346. The molecular weight excluding hydrogens is 460 g/mol. The molecule has 5 aromatic heterocycles. The number of halogens is 6. The van der Waals surface area contributed by atoms with Crippen LogP contribution in [0.25, 0.3) is 26.1 Å². The minimum atomic E-state index is -4.59. The molecule has 166 valence electrons. The Bertz CT molecular complexity index is 1510. The second kappa shape index (κ2) is 6.60. The molecule has 5 rings (SSSR count). The zero-order valence-corrected chi connectivity index (χ0v) is 17.1. The van der Waals surface area contributed by atoms with E-state index in [1.54, 1.807) is 6.92 Å². The summed E-state index contributed by atoms with van der Waals surface area (Å²) < 4.78 is 81.1. The Kier molecular flexibility index (Phi) is 4.25. The van der Waals surface area contributed by atoms with Gasteiger partial charge in [0.15, 0.2) is 17.2 Å². The number of rotatable bonds is 2. The average Bonchev–Trinajstić information content (AvgIpc) is 3.35. The second-order valence-electron chi connectivity index (χ2n) is 7.15. The van der Waals surface area contributed by atoms with Gasteiger partial charge in [-0.3, -0.25) is 4.68 Å². The van der Waals surface area contributed by atoms with Crippen molar-refractivity contribution in [1.29, 1.82) is 0 Å². The van der Waals surface area contributed by atoms with Crippen LogP contribution in [0.1, 0.15) is 28.5 Å². The van der Waals surface area contributed by atoms with Crippen LogP contribution in [-0.2, 0) is 18.9 Å². The molecule has 0 bridgehead atoms. The number of hydrogen-bond donors (Lipinski definition) is 0. The standard InChI is InChI=1S/C18H11F6N7S/c1-7-3-9(17(19,20)21)26-16-12(7)13-14(32-16)15-27-11(29-31(15)6-25-13)5-30-8(2)4-10(28-30)18(22,23)24/h3-4,6H,5H2,1-2H3. The largest absolute Gasteiger partial charge is 0.435 e. The van der Waals surface area contributed by atoms with Crippen molar-refractivity contribution in [2.45, 2.75) is 32.7 Å². The van der Waals surface area contributed by atoms with Gasteiger partial charge in [-0.25, -0.2) is 19.5 Å². The lowest BCUT2D eigenvalue weighted by atomic mass is 10.1. The average molecular weight is 471 g/mol. The van der Waals surface area contributed by atoms with E-state index in [4.69, 9.17) is 0 Å². The van der Waals surface area contributed by atoms with Crippen molar-refractivity contribution in [2.24, 2.45) is 0 Å². The molecule has 32 heavy (non-hydrogen) atoms. The Morgan fingerprint density at radius 3 is 2.31 bits per heavy atom. The van der Waals surface area contributed by atoms with Crippen molar-refractivity contribution in [3.8, 4) is 0 Å². The highest BCUT2D eigenvalue weighted by Crippen LogP contribution is 2.38. The fraction of sp³-hybridized carbons (Fsp3) is 0.278. The number of fused-ring (bicyclic) bond motifs is 5. The first-order valence-electron chi connectivity index (χ1n) is 9.05. The summed E-state index contributed by atoms with van der Waals surface area (Å²) in [5.41, 5.74) is -0.611. The summed E-state index contributed by atoms with van der Waals surface area (Å²) in [6.07, 6.45) is -7.80. The van der Waals surface area contributed by atoms with Crippen molar-refractivity contribution >= 4 is 37.4 Å². The van der Waals surface area contributed by atoms with Gasteiger partial charge in [0.25, 0.3) is 0 Å². The third kappa shape index (κ3) is 3.25. The number of aryl methyl sites for hydroxylation is 2. The molecule has 0 unspecified atom stereocenters. The third-order valence-electron chi connectivity index (χ3n) is 4.86. The van der Waals surface area contributed by atoms with E-state index >= 15 is 0 Å². The van der Waals surface area contributed by atoms with E-state index in [9.17, 15) is 26.3 Å². The molecule has 14 heteroatoms. The zero-order valence-electron chi connectivity index (χ0n) is 16.2. The molecule has 0 radical (unpaired) electrons. The van der Waals surface area contributed by atoms with E-state index in [0.29, 0.717) is 26.8 Å². The van der Waals surface area contributed by atoms with E-state index in [-0.39, 0.29) is 22.9 Å². The topological polar surface area (TPSA) is 73.8 Å². The van der Waals surface area contributed by atoms with Crippen LogP contribution in [0.3, 0.4) is 0 Å². The van der Waals surface area contributed by atoms with Crippen LogP contribution in [0.5, 0.6) is 0 Å². The molecule has 0 aliphatic carbocycles. The first kappa shape index (κ1) is 20.6. The fourth-order valence-corrected chi connectivity index (χ4v) is 4.59. The van der Waals surface area contributed by atoms with Gasteiger partial charge in [-0.15, -0.1) is 16.4 Å². The molecule has 0 aromatic carbocycles. The van der Waals surface area contributed by atoms with Gasteiger partial charge in [-0.2, -0.15) is 31.4 Å². The highest BCUT2D eigenvalue weighted by Gasteiger charge is 2.35. The Hall–Kier alpha value is -3.29. The number of hydrogen-bond acceptors (Lipinski definition) is 6. The van der Waals surface area contributed by atoms with Crippen LogP contribution in [-0.4, -0.2) is 34.3 Å². The van der Waals surface area contributed by atoms with Gasteiger partial charge >= 0.3 is 12.4 Å². The molecule has 0 saturated carbocycles. The maximum absolute atomic E-state index is 13.1. The number of alkyl halides is 6. The lowest BCUT2D eigenvalue weighted by Crippen LogP contribution is -2.09. The zero-order chi connectivity index (χ0) is 23.0. The van der Waals surface area contributed by atoms with Crippen molar-refractivity contribution in [3.05, 3.63) is 46.9 Å². The minimum Gasteiger partial charge on any atom is -0.262 e. The molecule has 0 amide bonds. The van der Waals surface area contributed by atoms with Gasteiger partial charge in [0.05, 0.1) is 5.52 Å². The maximum Gasteiger partial charge on any atom is 0.435 e. The smallest absolute Gasteiger partial charge is 0.262 e. The molecule has 0 saturated heterocycles. The van der Waals surface area contributed by atoms with Crippen LogP contribution < -0.4 is 0 Å². The van der Waals surface area contributed by atoms with Gasteiger partial charge in [-0.05, 0) is 31.5 Å². The molecule has 5 heterocycles. The van der Waals surface area contributed by atoms with E-state index in [1.807, 2.05) is 0 Å². The first-order valence-corrected chi connectivity index (χ1v) is 9.86. The van der Waals surface area contributed by atoms with Gasteiger partial charge in [0.2, 0.25) is 0 Å². The predicted molar refractivity (Wildman–Crippen MR) is 102 cm³/mol. The molecule has 0 aliphatic rings. The SMILES string of the molecule is Cc1cc(C(F)(F)F)nc2sc3c(ncn4nc(Cn5nc(C(F)(F)F)cc5C)nc34)c12. The number of pyridine rings is 1. The Morgan fingerprint density at radius 2 is 1.66 bits per heavy atom. The van der Waals surface area contributed by atoms with Gasteiger partial charge < -0.3 is 0 Å². The van der Waals surface area contributed by atoms with Gasteiger partial charge in [0, 0.05) is 11.1 Å². The summed E-state index contributed by atoms with van der Waals surface area (Å²) in [6, 6.07) is 1.89. The number of nitrogens with zero attached hydrogens (tertiary/aromatic N) is 7. The normalized spacial score (nSPS) is 13.1. The molecule has 0 fully saturated rings.